The zero-order valence-corrected chi connectivity index (χ0v) is 27.9. The van der Waals surface area contributed by atoms with Crippen molar-refractivity contribution < 1.29 is 21.0 Å². The molecular formula is C35H39ClHf. The maximum absolute atomic E-state index is 6.77. The molecule has 5 rings (SSSR count). The predicted octanol–water partition coefficient (Wildman–Crippen LogP) is 10.2. The van der Waals surface area contributed by atoms with E-state index in [1.54, 1.807) is 17.7 Å². The quantitative estimate of drug-likeness (QED) is 0.243. The van der Waals surface area contributed by atoms with Gasteiger partial charge in [0.2, 0.25) is 0 Å². The van der Waals surface area contributed by atoms with E-state index in [1.807, 2.05) is 12.1 Å². The Labute approximate surface area is 236 Å². The molecule has 37 heavy (non-hydrogen) atoms. The minimum absolute atomic E-state index is 0.123. The van der Waals surface area contributed by atoms with Crippen molar-refractivity contribution in [3.8, 4) is 11.1 Å². The summed E-state index contributed by atoms with van der Waals surface area (Å²) in [4.78, 5) is 0. The molecule has 2 aliphatic carbocycles. The van der Waals surface area contributed by atoms with Crippen molar-refractivity contribution in [2.24, 2.45) is 0 Å². The molecule has 0 nitrogen and oxygen atoms in total. The van der Waals surface area contributed by atoms with Gasteiger partial charge in [0.15, 0.2) is 0 Å². The SMILES string of the molecule is C[C](C)=[Hf]([C]1=C(c2ccccc2Cl)C=CC1)[CH]1c2cc(C(C)(C)C)ccc2-c2ccc(C(C)(C)C)cc21. The Morgan fingerprint density at radius 3 is 1.78 bits per heavy atom. The molecule has 3 aromatic carbocycles. The molecule has 0 aromatic heterocycles. The van der Waals surface area contributed by atoms with Crippen LogP contribution in [0.2, 0.25) is 5.02 Å². The monoisotopic (exact) mass is 674 g/mol. The number of allylic oxidation sites excluding steroid dienone is 4. The summed E-state index contributed by atoms with van der Waals surface area (Å²) in [6.45, 7) is 18.8. The Balaban J connectivity index is 1.80. The number of fused-ring (bicyclic) bond motifs is 3. The van der Waals surface area contributed by atoms with E-state index >= 15 is 0 Å². The molecular weight excluding hydrogens is 634 g/mol. The summed E-state index contributed by atoms with van der Waals surface area (Å²) in [5.41, 5.74) is 11.7. The summed E-state index contributed by atoms with van der Waals surface area (Å²) in [5, 5.41) is 0.859. The van der Waals surface area contributed by atoms with Gasteiger partial charge in [-0.05, 0) is 0 Å². The van der Waals surface area contributed by atoms with Crippen molar-refractivity contribution in [1.29, 1.82) is 0 Å². The Morgan fingerprint density at radius 1 is 0.757 bits per heavy atom. The second-order valence-corrected chi connectivity index (χ2v) is 24.1. The van der Waals surface area contributed by atoms with Gasteiger partial charge in [-0.2, -0.15) is 0 Å². The molecule has 2 heteroatoms. The van der Waals surface area contributed by atoms with Gasteiger partial charge in [-0.3, -0.25) is 0 Å². The van der Waals surface area contributed by atoms with Gasteiger partial charge in [0, 0.05) is 0 Å². The van der Waals surface area contributed by atoms with Crippen LogP contribution >= 0.6 is 11.6 Å². The molecule has 0 amide bonds. The first-order valence-corrected chi connectivity index (χ1v) is 19.5. The first kappa shape index (κ1) is 26.8. The maximum atomic E-state index is 6.77. The standard InChI is InChI=1S/C21H25.C11H8Cl.C3H6.Hf/c1-20(2,3)16-7-9-18-14(12-16)11-15-13-17(21(4,5)6)8-10-19(15)18;12-11-8-4-3-7-10(11)9-5-1-2-6-9;1-3-2;/h7-13H,1-6H3;1,3-5,7-8H,2H2;1-2H3;. The predicted molar refractivity (Wildman–Crippen MR) is 160 cm³/mol. The van der Waals surface area contributed by atoms with Crippen molar-refractivity contribution in [3.05, 3.63) is 109 Å². The summed E-state index contributed by atoms with van der Waals surface area (Å²) >= 11 is 4.14. The van der Waals surface area contributed by atoms with E-state index < -0.39 is 21.0 Å². The molecule has 0 N–H and O–H groups in total. The fraction of sp³-hybridized carbons (Fsp3) is 0.343. The number of hydrogen-bond donors (Lipinski definition) is 0. The van der Waals surface area contributed by atoms with Gasteiger partial charge >= 0.3 is 238 Å². The second-order valence-electron chi connectivity index (χ2n) is 12.9. The van der Waals surface area contributed by atoms with Crippen LogP contribution in [0.5, 0.6) is 0 Å². The van der Waals surface area contributed by atoms with Crippen LogP contribution in [0.25, 0.3) is 16.7 Å². The van der Waals surface area contributed by atoms with E-state index in [-0.39, 0.29) is 10.8 Å². The molecule has 190 valence electrons. The van der Waals surface area contributed by atoms with Crippen LogP contribution in [-0.2, 0) is 31.8 Å². The fourth-order valence-corrected chi connectivity index (χ4v) is 18.7. The van der Waals surface area contributed by atoms with Crippen LogP contribution in [0.15, 0.2) is 76.1 Å². The number of hydrogen-bond acceptors (Lipinski definition) is 0. The average Bonchev–Trinajstić information content (AvgIpc) is 3.41. The van der Waals surface area contributed by atoms with E-state index in [1.165, 1.54) is 33.4 Å². The molecule has 0 saturated carbocycles. The van der Waals surface area contributed by atoms with E-state index in [4.69, 9.17) is 11.6 Å². The van der Waals surface area contributed by atoms with Gasteiger partial charge in [0.1, 0.15) is 0 Å². The fourth-order valence-electron chi connectivity index (χ4n) is 5.96. The number of rotatable bonds is 3. The van der Waals surface area contributed by atoms with Gasteiger partial charge in [-0.1, -0.05) is 0 Å². The number of halogens is 1. The Bertz CT molecular complexity index is 1420. The van der Waals surface area contributed by atoms with E-state index in [0.717, 1.165) is 11.4 Å². The van der Waals surface area contributed by atoms with Gasteiger partial charge in [-0.15, -0.1) is 0 Å². The van der Waals surface area contributed by atoms with Crippen molar-refractivity contribution in [1.82, 2.24) is 0 Å². The molecule has 0 spiro atoms. The number of benzene rings is 3. The zero-order valence-electron chi connectivity index (χ0n) is 23.6. The van der Waals surface area contributed by atoms with Crippen LogP contribution in [0, 0.1) is 0 Å². The molecule has 0 bridgehead atoms. The second kappa shape index (κ2) is 9.73. The van der Waals surface area contributed by atoms with Crippen molar-refractivity contribution >= 4 is 20.4 Å². The van der Waals surface area contributed by atoms with Crippen molar-refractivity contribution in [2.75, 3.05) is 0 Å². The van der Waals surface area contributed by atoms with Crippen LogP contribution in [-0.4, -0.2) is 3.26 Å². The molecule has 0 radical (unpaired) electrons. The molecule has 0 unspecified atom stereocenters. The third-order valence-corrected chi connectivity index (χ3v) is 20.5. The van der Waals surface area contributed by atoms with E-state index in [9.17, 15) is 0 Å². The Kier molecular flexibility index (Phi) is 7.04. The average molecular weight is 674 g/mol. The molecule has 0 fully saturated rings. The van der Waals surface area contributed by atoms with Crippen molar-refractivity contribution in [3.63, 3.8) is 0 Å². The van der Waals surface area contributed by atoms with Gasteiger partial charge in [0.05, 0.1) is 0 Å². The first-order valence-electron chi connectivity index (χ1n) is 13.5. The summed E-state index contributed by atoms with van der Waals surface area (Å²) in [7, 11) is 0. The molecule has 0 saturated heterocycles. The van der Waals surface area contributed by atoms with Crippen molar-refractivity contribution in [2.45, 2.75) is 76.3 Å². The van der Waals surface area contributed by atoms with E-state index in [2.05, 4.69) is 116 Å². The van der Waals surface area contributed by atoms with Crippen LogP contribution in [0.4, 0.5) is 0 Å². The first-order chi connectivity index (χ1) is 17.4. The van der Waals surface area contributed by atoms with Crippen LogP contribution < -0.4 is 0 Å². The summed E-state index contributed by atoms with van der Waals surface area (Å²) in [6, 6.07) is 23.1. The third-order valence-electron chi connectivity index (χ3n) is 8.00. The molecule has 2 aliphatic rings. The summed E-state index contributed by atoms with van der Waals surface area (Å²) < 4.78 is 3.86. The van der Waals surface area contributed by atoms with Crippen LogP contribution in [0.3, 0.4) is 0 Å². The van der Waals surface area contributed by atoms with Gasteiger partial charge in [-0.25, -0.2) is 0 Å². The third kappa shape index (κ3) is 4.88. The van der Waals surface area contributed by atoms with E-state index in [0.29, 0.717) is 3.67 Å². The minimum atomic E-state index is -2.63. The normalized spacial score (nSPS) is 15.3. The summed E-state index contributed by atoms with van der Waals surface area (Å²) in [6.07, 6.45) is 5.78. The van der Waals surface area contributed by atoms with Gasteiger partial charge in [0.25, 0.3) is 0 Å². The molecule has 0 atom stereocenters. The van der Waals surface area contributed by atoms with Gasteiger partial charge < -0.3 is 0 Å². The Hall–Kier alpha value is -1.83. The molecule has 3 aromatic rings. The Morgan fingerprint density at radius 2 is 1.30 bits per heavy atom. The van der Waals surface area contributed by atoms with Crippen LogP contribution in [0.1, 0.15) is 93.3 Å². The topological polar surface area (TPSA) is 0 Å². The molecule has 0 aliphatic heterocycles. The zero-order chi connectivity index (χ0) is 26.7. The molecule has 0 heterocycles. The summed E-state index contributed by atoms with van der Waals surface area (Å²) in [5.74, 6) is 0.